The van der Waals surface area contributed by atoms with Crippen molar-refractivity contribution in [2.45, 2.75) is 40.0 Å². The van der Waals surface area contributed by atoms with Gasteiger partial charge in [-0.3, -0.25) is 9.59 Å². The first-order chi connectivity index (χ1) is 11.9. The summed E-state index contributed by atoms with van der Waals surface area (Å²) >= 11 is 3.51. The molecule has 0 amide bonds. The highest BCUT2D eigenvalue weighted by molar-refractivity contribution is 9.10. The second-order valence-electron chi connectivity index (χ2n) is 6.71. The number of rotatable bonds is 5. The number of carbonyl (C=O) groups excluding carboxylic acids is 2. The van der Waals surface area contributed by atoms with E-state index in [-0.39, 0.29) is 24.3 Å². The number of esters is 1. The summed E-state index contributed by atoms with van der Waals surface area (Å²) in [5.41, 5.74) is 4.60. The van der Waals surface area contributed by atoms with Crippen LogP contribution < -0.4 is 0 Å². The summed E-state index contributed by atoms with van der Waals surface area (Å²) in [5.74, 6) is -0.399. The van der Waals surface area contributed by atoms with Gasteiger partial charge in [0.1, 0.15) is 0 Å². The third-order valence-corrected chi connectivity index (χ3v) is 5.81. The number of hydrogen-bond acceptors (Lipinski definition) is 3. The van der Waals surface area contributed by atoms with Crippen LogP contribution in [-0.2, 0) is 9.53 Å². The van der Waals surface area contributed by atoms with E-state index in [1.165, 1.54) is 0 Å². The number of halogens is 1. The lowest BCUT2D eigenvalue weighted by Crippen LogP contribution is -2.26. The third kappa shape index (κ3) is 3.56. The largest absolute Gasteiger partial charge is 0.457 e. The maximum atomic E-state index is 12.5. The summed E-state index contributed by atoms with van der Waals surface area (Å²) in [6, 6.07) is 7.97. The van der Waals surface area contributed by atoms with Gasteiger partial charge in [0.15, 0.2) is 6.61 Å². The lowest BCUT2D eigenvalue weighted by atomic mass is 9.86. The van der Waals surface area contributed by atoms with Gasteiger partial charge in [0.05, 0.1) is 5.92 Å². The molecular formula is C20H22BrNO3. The maximum Gasteiger partial charge on any atom is 0.309 e. The van der Waals surface area contributed by atoms with E-state index in [0.717, 1.165) is 46.4 Å². The Hall–Kier alpha value is -1.88. The zero-order valence-electron chi connectivity index (χ0n) is 14.8. The van der Waals surface area contributed by atoms with Gasteiger partial charge in [-0.05, 0) is 63.4 Å². The molecule has 0 bridgehead atoms. The standard InChI is InChI=1S/C20H22BrNO3/c1-12-9-16(7-8-18(12)21)22-13(2)10-17(14(22)3)19(23)11-25-20(24)15-5-4-6-15/h7-10,15H,4-6,11H2,1-3H3. The quantitative estimate of drug-likeness (QED) is 0.537. The van der Waals surface area contributed by atoms with E-state index < -0.39 is 0 Å². The molecule has 0 spiro atoms. The fraction of sp³-hybridized carbons (Fsp3) is 0.400. The van der Waals surface area contributed by atoms with E-state index in [9.17, 15) is 9.59 Å². The Morgan fingerprint density at radius 1 is 1.20 bits per heavy atom. The second-order valence-corrected chi connectivity index (χ2v) is 7.57. The minimum absolute atomic E-state index is 0.00836. The monoisotopic (exact) mass is 403 g/mol. The number of carbonyl (C=O) groups is 2. The highest BCUT2D eigenvalue weighted by atomic mass is 79.9. The zero-order chi connectivity index (χ0) is 18.1. The van der Waals surface area contributed by atoms with Gasteiger partial charge >= 0.3 is 5.97 Å². The first-order valence-corrected chi connectivity index (χ1v) is 9.33. The summed E-state index contributed by atoms with van der Waals surface area (Å²) < 4.78 is 8.31. The molecule has 0 radical (unpaired) electrons. The summed E-state index contributed by atoms with van der Waals surface area (Å²) in [4.78, 5) is 24.3. The van der Waals surface area contributed by atoms with Crippen molar-refractivity contribution in [3.05, 3.63) is 51.3 Å². The van der Waals surface area contributed by atoms with Crippen molar-refractivity contribution >= 4 is 27.7 Å². The van der Waals surface area contributed by atoms with Gasteiger partial charge in [-0.15, -0.1) is 0 Å². The van der Waals surface area contributed by atoms with Crippen LogP contribution in [0.25, 0.3) is 5.69 Å². The molecule has 1 saturated carbocycles. The molecular weight excluding hydrogens is 382 g/mol. The smallest absolute Gasteiger partial charge is 0.309 e. The van der Waals surface area contributed by atoms with Gasteiger partial charge in [-0.1, -0.05) is 22.4 Å². The van der Waals surface area contributed by atoms with E-state index >= 15 is 0 Å². The molecule has 3 rings (SSSR count). The lowest BCUT2D eigenvalue weighted by Gasteiger charge is -2.22. The molecule has 25 heavy (non-hydrogen) atoms. The number of ether oxygens (including phenoxy) is 1. The average molecular weight is 404 g/mol. The van der Waals surface area contributed by atoms with Crippen LogP contribution in [0, 0.1) is 26.7 Å². The third-order valence-electron chi connectivity index (χ3n) is 4.92. The molecule has 132 valence electrons. The van der Waals surface area contributed by atoms with Crippen LogP contribution in [0.3, 0.4) is 0 Å². The summed E-state index contributed by atoms with van der Waals surface area (Å²) in [6.45, 7) is 5.75. The zero-order valence-corrected chi connectivity index (χ0v) is 16.4. The first kappa shape index (κ1) is 17.9. The molecule has 0 N–H and O–H groups in total. The topological polar surface area (TPSA) is 48.3 Å². The minimum atomic E-state index is -0.239. The predicted molar refractivity (Wildman–Crippen MR) is 100 cm³/mol. The Morgan fingerprint density at radius 3 is 2.52 bits per heavy atom. The molecule has 1 aromatic heterocycles. The molecule has 1 aliphatic rings. The molecule has 5 heteroatoms. The molecule has 1 aromatic carbocycles. The van der Waals surface area contributed by atoms with Crippen LogP contribution in [0.2, 0.25) is 0 Å². The van der Waals surface area contributed by atoms with E-state index in [4.69, 9.17) is 4.74 Å². The van der Waals surface area contributed by atoms with Gasteiger partial charge in [-0.25, -0.2) is 0 Å². The molecule has 0 saturated heterocycles. The molecule has 4 nitrogen and oxygen atoms in total. The molecule has 0 aliphatic heterocycles. The van der Waals surface area contributed by atoms with Gasteiger partial charge in [-0.2, -0.15) is 0 Å². The first-order valence-electron chi connectivity index (χ1n) is 8.53. The van der Waals surface area contributed by atoms with E-state index in [1.807, 2.05) is 39.0 Å². The maximum absolute atomic E-state index is 12.5. The Kier molecular flexibility index (Phi) is 5.13. The van der Waals surface area contributed by atoms with Crippen LogP contribution in [-0.4, -0.2) is 22.9 Å². The van der Waals surface area contributed by atoms with Crippen LogP contribution in [0.1, 0.15) is 46.6 Å². The van der Waals surface area contributed by atoms with Crippen molar-refractivity contribution in [2.24, 2.45) is 5.92 Å². The SMILES string of the molecule is Cc1cc(-n2c(C)cc(C(=O)COC(=O)C3CCC3)c2C)ccc1Br. The predicted octanol–water partition coefficient (Wildman–Crippen LogP) is 4.69. The number of aromatic nitrogens is 1. The molecule has 1 aliphatic carbocycles. The van der Waals surface area contributed by atoms with Crippen molar-refractivity contribution in [3.63, 3.8) is 0 Å². The van der Waals surface area contributed by atoms with Gasteiger partial charge in [0.25, 0.3) is 0 Å². The van der Waals surface area contributed by atoms with Gasteiger partial charge in [0.2, 0.25) is 5.78 Å². The molecule has 2 aromatic rings. The van der Waals surface area contributed by atoms with E-state index in [0.29, 0.717) is 5.56 Å². The number of aryl methyl sites for hydroxylation is 2. The minimum Gasteiger partial charge on any atom is -0.457 e. The number of Topliss-reactive ketones (excluding diaryl/α,β-unsaturated/α-hetero) is 1. The fourth-order valence-corrected chi connectivity index (χ4v) is 3.43. The van der Waals surface area contributed by atoms with Crippen molar-refractivity contribution in [1.82, 2.24) is 4.57 Å². The van der Waals surface area contributed by atoms with Crippen LogP contribution in [0.4, 0.5) is 0 Å². The Balaban J connectivity index is 1.79. The van der Waals surface area contributed by atoms with Crippen LogP contribution >= 0.6 is 15.9 Å². The average Bonchev–Trinajstić information content (AvgIpc) is 2.81. The number of hydrogen-bond donors (Lipinski definition) is 0. The van der Waals surface area contributed by atoms with Crippen molar-refractivity contribution in [1.29, 1.82) is 0 Å². The van der Waals surface area contributed by atoms with Crippen molar-refractivity contribution in [2.75, 3.05) is 6.61 Å². The Morgan fingerprint density at radius 2 is 1.92 bits per heavy atom. The highest BCUT2D eigenvalue weighted by Gasteiger charge is 2.27. The summed E-state index contributed by atoms with van der Waals surface area (Å²) in [5, 5.41) is 0. The molecule has 1 fully saturated rings. The van der Waals surface area contributed by atoms with Gasteiger partial charge in [0, 0.05) is 27.1 Å². The van der Waals surface area contributed by atoms with Crippen LogP contribution in [0.15, 0.2) is 28.7 Å². The summed E-state index contributed by atoms with van der Waals surface area (Å²) in [7, 11) is 0. The summed E-state index contributed by atoms with van der Waals surface area (Å²) in [6.07, 6.45) is 2.83. The lowest BCUT2D eigenvalue weighted by molar-refractivity contribution is -0.150. The Bertz CT molecular complexity index is 834. The van der Waals surface area contributed by atoms with Crippen LogP contribution in [0.5, 0.6) is 0 Å². The highest BCUT2D eigenvalue weighted by Crippen LogP contribution is 2.28. The molecule has 0 unspecified atom stereocenters. The van der Waals surface area contributed by atoms with Crippen molar-refractivity contribution < 1.29 is 14.3 Å². The number of ketones is 1. The molecule has 0 atom stereocenters. The Labute approximate surface area is 156 Å². The van der Waals surface area contributed by atoms with E-state index in [1.54, 1.807) is 0 Å². The van der Waals surface area contributed by atoms with E-state index in [2.05, 4.69) is 26.6 Å². The molecule has 1 heterocycles. The second kappa shape index (κ2) is 7.16. The van der Waals surface area contributed by atoms with Crippen molar-refractivity contribution in [3.8, 4) is 5.69 Å². The normalized spacial score (nSPS) is 14.2. The fourth-order valence-electron chi connectivity index (χ4n) is 3.19. The number of benzene rings is 1. The number of nitrogens with zero attached hydrogens (tertiary/aromatic N) is 1. The van der Waals surface area contributed by atoms with Gasteiger partial charge < -0.3 is 9.30 Å².